The van der Waals surface area contributed by atoms with Crippen LogP contribution in [0.3, 0.4) is 0 Å². The lowest BCUT2D eigenvalue weighted by Crippen LogP contribution is -2.19. The van der Waals surface area contributed by atoms with Crippen molar-refractivity contribution in [3.05, 3.63) is 51.8 Å². The first kappa shape index (κ1) is 21.9. The molecule has 0 N–H and O–H groups in total. The number of halogens is 1. The first-order chi connectivity index (χ1) is 16.1. The molecule has 5 rings (SSSR count). The predicted molar refractivity (Wildman–Crippen MR) is 133 cm³/mol. The quantitative estimate of drug-likeness (QED) is 0.237. The molecule has 0 amide bonds. The Labute approximate surface area is 200 Å². The van der Waals surface area contributed by atoms with Gasteiger partial charge in [0.2, 0.25) is 6.79 Å². The summed E-state index contributed by atoms with van der Waals surface area (Å²) in [5.41, 5.74) is 5.01. The molecule has 172 valence electrons. The summed E-state index contributed by atoms with van der Waals surface area (Å²) >= 11 is 3.51. The fourth-order valence-electron chi connectivity index (χ4n) is 4.80. The van der Waals surface area contributed by atoms with E-state index in [0.717, 1.165) is 70.1 Å². The molecule has 2 aliphatic rings. The van der Waals surface area contributed by atoms with E-state index in [0.29, 0.717) is 22.6 Å². The van der Waals surface area contributed by atoms with Gasteiger partial charge in [0.05, 0.1) is 25.3 Å². The van der Waals surface area contributed by atoms with Crippen LogP contribution in [0.15, 0.2) is 35.1 Å². The smallest absolute Gasteiger partial charge is 0.258 e. The molecule has 0 bridgehead atoms. The van der Waals surface area contributed by atoms with Gasteiger partial charge in [-0.1, -0.05) is 28.4 Å². The van der Waals surface area contributed by atoms with Crippen LogP contribution in [0.4, 0.5) is 0 Å². The molecule has 2 aromatic carbocycles. The van der Waals surface area contributed by atoms with Crippen molar-refractivity contribution in [2.45, 2.75) is 25.7 Å². The Morgan fingerprint density at radius 1 is 0.970 bits per heavy atom. The average Bonchev–Trinajstić information content (AvgIpc) is 3.42. The zero-order valence-electron chi connectivity index (χ0n) is 19.0. The summed E-state index contributed by atoms with van der Waals surface area (Å²) in [6, 6.07) is 7.73. The Bertz CT molecular complexity index is 1340. The molecular formula is C26H26BrNO5. The molecule has 6 nitrogen and oxygen atoms in total. The number of hydrogen-bond acceptors (Lipinski definition) is 5. The van der Waals surface area contributed by atoms with Crippen LogP contribution in [-0.2, 0) is 7.05 Å². The summed E-state index contributed by atoms with van der Waals surface area (Å²) in [5, 5.41) is 2.48. The van der Waals surface area contributed by atoms with Crippen molar-refractivity contribution < 1.29 is 18.9 Å². The Kier molecular flexibility index (Phi) is 5.83. The summed E-state index contributed by atoms with van der Waals surface area (Å²) in [5.74, 6) is 2.58. The highest BCUT2D eigenvalue weighted by molar-refractivity contribution is 9.09. The molecule has 33 heavy (non-hydrogen) atoms. The van der Waals surface area contributed by atoms with Crippen LogP contribution in [0, 0.1) is 0 Å². The van der Waals surface area contributed by atoms with Crippen LogP contribution in [0.2, 0.25) is 0 Å². The Hall–Kier alpha value is -2.93. The largest absolute Gasteiger partial charge is 0.493 e. The van der Waals surface area contributed by atoms with Gasteiger partial charge in [-0.2, -0.15) is 0 Å². The van der Waals surface area contributed by atoms with Gasteiger partial charge in [-0.3, -0.25) is 4.79 Å². The maximum Gasteiger partial charge on any atom is 0.258 e. The normalized spacial score (nSPS) is 14.6. The highest BCUT2D eigenvalue weighted by Gasteiger charge is 2.32. The van der Waals surface area contributed by atoms with Crippen molar-refractivity contribution in [1.29, 1.82) is 0 Å². The third kappa shape index (κ3) is 3.50. The molecule has 0 saturated carbocycles. The fraction of sp³-hybridized carbons (Fsp3) is 0.346. The van der Waals surface area contributed by atoms with Gasteiger partial charge in [0, 0.05) is 28.9 Å². The van der Waals surface area contributed by atoms with E-state index in [9.17, 15) is 4.79 Å². The molecule has 0 fully saturated rings. The maximum atomic E-state index is 13.4. The third-order valence-corrected chi connectivity index (χ3v) is 6.97. The Balaban J connectivity index is 1.79. The van der Waals surface area contributed by atoms with Crippen LogP contribution in [0.5, 0.6) is 23.0 Å². The van der Waals surface area contributed by atoms with E-state index in [2.05, 4.69) is 22.0 Å². The fourth-order valence-corrected chi connectivity index (χ4v) is 5.19. The van der Waals surface area contributed by atoms with Gasteiger partial charge in [0.25, 0.3) is 5.56 Å². The number of unbranched alkanes of at least 4 members (excludes halogenated alkanes) is 3. The molecule has 0 atom stereocenters. The summed E-state index contributed by atoms with van der Waals surface area (Å²) in [6.07, 6.45) is 6.67. The van der Waals surface area contributed by atoms with E-state index < -0.39 is 0 Å². The van der Waals surface area contributed by atoms with Gasteiger partial charge >= 0.3 is 0 Å². The number of ether oxygens (including phenoxy) is 4. The topological polar surface area (TPSA) is 58.9 Å². The molecule has 0 unspecified atom stereocenters. The molecular weight excluding hydrogens is 486 g/mol. The van der Waals surface area contributed by atoms with Crippen LogP contribution in [0.25, 0.3) is 27.6 Å². The zero-order valence-corrected chi connectivity index (χ0v) is 20.6. The van der Waals surface area contributed by atoms with Crippen molar-refractivity contribution >= 4 is 32.3 Å². The summed E-state index contributed by atoms with van der Waals surface area (Å²) < 4.78 is 24.1. The molecule has 0 spiro atoms. The first-order valence-corrected chi connectivity index (χ1v) is 12.2. The number of aromatic nitrogens is 1. The number of allylic oxidation sites excluding steroid dienone is 1. The van der Waals surface area contributed by atoms with Gasteiger partial charge in [0.15, 0.2) is 23.0 Å². The Morgan fingerprint density at radius 2 is 1.64 bits per heavy atom. The number of pyridine rings is 1. The molecule has 1 aliphatic carbocycles. The number of rotatable bonds is 7. The summed E-state index contributed by atoms with van der Waals surface area (Å²) in [4.78, 5) is 13.4. The summed E-state index contributed by atoms with van der Waals surface area (Å²) in [6.45, 7) is 0.213. The van der Waals surface area contributed by atoms with Crippen LogP contribution in [-0.4, -0.2) is 30.9 Å². The van der Waals surface area contributed by atoms with Gasteiger partial charge in [-0.15, -0.1) is 0 Å². The maximum absolute atomic E-state index is 13.4. The van der Waals surface area contributed by atoms with E-state index in [1.807, 2.05) is 25.2 Å². The zero-order chi connectivity index (χ0) is 23.1. The number of benzene rings is 2. The predicted octanol–water partition coefficient (Wildman–Crippen LogP) is 5.65. The number of fused-ring (bicyclic) bond motifs is 6. The molecule has 7 heteroatoms. The number of hydrogen-bond donors (Lipinski definition) is 0. The second kappa shape index (κ2) is 8.78. The van der Waals surface area contributed by atoms with E-state index in [-0.39, 0.29) is 12.4 Å². The van der Waals surface area contributed by atoms with Crippen molar-refractivity contribution in [3.63, 3.8) is 0 Å². The lowest BCUT2D eigenvalue weighted by Gasteiger charge is -2.15. The second-order valence-electron chi connectivity index (χ2n) is 8.25. The lowest BCUT2D eigenvalue weighted by molar-refractivity contribution is 0.174. The summed E-state index contributed by atoms with van der Waals surface area (Å²) in [7, 11) is 5.02. The molecule has 0 saturated heterocycles. The van der Waals surface area contributed by atoms with E-state index in [4.69, 9.17) is 18.9 Å². The minimum atomic E-state index is -0.0770. The highest BCUT2D eigenvalue weighted by Crippen LogP contribution is 2.51. The molecule has 2 heterocycles. The van der Waals surface area contributed by atoms with Crippen molar-refractivity contribution in [2.75, 3.05) is 26.3 Å². The van der Waals surface area contributed by atoms with Crippen molar-refractivity contribution in [2.24, 2.45) is 7.05 Å². The van der Waals surface area contributed by atoms with E-state index >= 15 is 0 Å². The van der Waals surface area contributed by atoms with Crippen LogP contribution < -0.4 is 24.5 Å². The van der Waals surface area contributed by atoms with Gasteiger partial charge in [-0.05, 0) is 54.7 Å². The monoisotopic (exact) mass is 511 g/mol. The van der Waals surface area contributed by atoms with Gasteiger partial charge in [-0.25, -0.2) is 0 Å². The van der Waals surface area contributed by atoms with Gasteiger partial charge in [0.1, 0.15) is 0 Å². The van der Waals surface area contributed by atoms with Crippen LogP contribution >= 0.6 is 15.9 Å². The van der Waals surface area contributed by atoms with Crippen LogP contribution in [0.1, 0.15) is 36.8 Å². The highest BCUT2D eigenvalue weighted by atomic mass is 79.9. The lowest BCUT2D eigenvalue weighted by atomic mass is 9.97. The second-order valence-corrected chi connectivity index (χ2v) is 9.04. The number of alkyl halides is 1. The van der Waals surface area contributed by atoms with E-state index in [1.165, 1.54) is 0 Å². The minimum absolute atomic E-state index is 0.0770. The third-order valence-electron chi connectivity index (χ3n) is 6.41. The van der Waals surface area contributed by atoms with Gasteiger partial charge < -0.3 is 23.5 Å². The van der Waals surface area contributed by atoms with E-state index in [1.54, 1.807) is 24.9 Å². The average molecular weight is 512 g/mol. The molecule has 0 radical (unpaired) electrons. The van der Waals surface area contributed by atoms with Crippen molar-refractivity contribution in [3.8, 4) is 34.3 Å². The minimum Gasteiger partial charge on any atom is -0.493 e. The molecule has 3 aromatic rings. The number of nitrogens with zero attached hydrogens (tertiary/aromatic N) is 1. The Morgan fingerprint density at radius 3 is 2.30 bits per heavy atom. The molecule has 1 aliphatic heterocycles. The molecule has 1 aromatic heterocycles. The SMILES string of the molecule is COc1cc2c3c(n(C)c(=O)c2cc1OC)-c1cc2c(cc1C3=CCCCCCBr)OCO2. The standard InChI is InChI=1S/C26H26BrNO5/c1-28-25-18-12-23-22(32-14-33-23)10-16(18)15(8-6-4-5-7-9-27)24(25)17-11-20(30-2)21(31-3)13-19(17)26(28)29/h8,10-13H,4-7,9,14H2,1-3H3. The first-order valence-electron chi connectivity index (χ1n) is 11.1. The number of methoxy groups -OCH3 is 2. The van der Waals surface area contributed by atoms with Crippen molar-refractivity contribution in [1.82, 2.24) is 4.57 Å².